The Bertz CT molecular complexity index is 537. The summed E-state index contributed by atoms with van der Waals surface area (Å²) in [5.41, 5.74) is 0.990. The summed E-state index contributed by atoms with van der Waals surface area (Å²) in [5.74, 6) is 1.14. The normalized spacial score (nSPS) is 15.8. The van der Waals surface area contributed by atoms with E-state index in [0.29, 0.717) is 24.9 Å². The third-order valence-electron chi connectivity index (χ3n) is 4.22. The zero-order valence-corrected chi connectivity index (χ0v) is 14.8. The summed E-state index contributed by atoms with van der Waals surface area (Å²) >= 11 is 0. The standard InChI is InChI=1S/C19H29N3O2/c1-22(2)12-13-24-19-14-17(10-11-20-19)15-21-18(23)9-8-16-6-4-3-5-7-16/h8-11,14,16H,3-7,12-13,15H2,1-2H3,(H,21,23)/b9-8+. The van der Waals surface area contributed by atoms with Gasteiger partial charge in [0, 0.05) is 25.4 Å². The van der Waals surface area contributed by atoms with Gasteiger partial charge in [0.2, 0.25) is 11.8 Å². The van der Waals surface area contributed by atoms with E-state index in [2.05, 4.69) is 21.3 Å². The minimum atomic E-state index is -0.0348. The van der Waals surface area contributed by atoms with E-state index in [1.165, 1.54) is 32.1 Å². The molecule has 1 aliphatic carbocycles. The van der Waals surface area contributed by atoms with Crippen molar-refractivity contribution in [3.63, 3.8) is 0 Å². The van der Waals surface area contributed by atoms with E-state index in [1.54, 1.807) is 12.3 Å². The van der Waals surface area contributed by atoms with Gasteiger partial charge in [0.15, 0.2) is 0 Å². The number of nitrogens with zero attached hydrogens (tertiary/aromatic N) is 2. The Balaban J connectivity index is 1.74. The van der Waals surface area contributed by atoms with Crippen LogP contribution in [0.25, 0.3) is 0 Å². The molecule has 1 saturated carbocycles. The van der Waals surface area contributed by atoms with Gasteiger partial charge >= 0.3 is 0 Å². The molecule has 0 aliphatic heterocycles. The van der Waals surface area contributed by atoms with E-state index in [1.807, 2.05) is 26.2 Å². The number of amides is 1. The summed E-state index contributed by atoms with van der Waals surface area (Å²) in [4.78, 5) is 18.2. The number of nitrogens with one attached hydrogen (secondary N) is 1. The maximum Gasteiger partial charge on any atom is 0.243 e. The van der Waals surface area contributed by atoms with Crippen LogP contribution in [0.5, 0.6) is 5.88 Å². The van der Waals surface area contributed by atoms with Crippen LogP contribution in [0.4, 0.5) is 0 Å². The molecule has 132 valence electrons. The van der Waals surface area contributed by atoms with Crippen LogP contribution in [-0.2, 0) is 11.3 Å². The number of allylic oxidation sites excluding steroid dienone is 1. The average Bonchev–Trinajstić information content (AvgIpc) is 2.59. The van der Waals surface area contributed by atoms with Crippen LogP contribution in [0.15, 0.2) is 30.5 Å². The number of hydrogen-bond donors (Lipinski definition) is 1. The zero-order chi connectivity index (χ0) is 17.2. The lowest BCUT2D eigenvalue weighted by Gasteiger charge is -2.17. The van der Waals surface area contributed by atoms with Crippen molar-refractivity contribution in [1.29, 1.82) is 0 Å². The Morgan fingerprint density at radius 1 is 1.38 bits per heavy atom. The molecule has 1 aliphatic rings. The Kier molecular flexibility index (Phi) is 7.75. The average molecular weight is 331 g/mol. The van der Waals surface area contributed by atoms with E-state index in [4.69, 9.17) is 4.74 Å². The minimum Gasteiger partial charge on any atom is -0.476 e. The third kappa shape index (κ3) is 7.13. The van der Waals surface area contributed by atoms with Gasteiger partial charge in [-0.2, -0.15) is 0 Å². The number of hydrogen-bond acceptors (Lipinski definition) is 4. The SMILES string of the molecule is CN(C)CCOc1cc(CNC(=O)/C=C/C2CCCCC2)ccn1. The van der Waals surface area contributed by atoms with Crippen molar-refractivity contribution in [3.05, 3.63) is 36.0 Å². The van der Waals surface area contributed by atoms with Crippen LogP contribution in [0, 0.1) is 5.92 Å². The predicted octanol–water partition coefficient (Wildman–Crippen LogP) is 2.77. The fourth-order valence-corrected chi connectivity index (χ4v) is 2.77. The van der Waals surface area contributed by atoms with Crippen molar-refractivity contribution in [1.82, 2.24) is 15.2 Å². The number of rotatable bonds is 8. The van der Waals surface area contributed by atoms with Gasteiger partial charge in [0.25, 0.3) is 0 Å². The fourth-order valence-electron chi connectivity index (χ4n) is 2.77. The molecule has 0 saturated heterocycles. The lowest BCUT2D eigenvalue weighted by molar-refractivity contribution is -0.116. The van der Waals surface area contributed by atoms with E-state index >= 15 is 0 Å². The molecule has 1 aromatic rings. The number of pyridine rings is 1. The van der Waals surface area contributed by atoms with Gasteiger partial charge in [0.05, 0.1) is 0 Å². The summed E-state index contributed by atoms with van der Waals surface area (Å²) in [6, 6.07) is 3.77. The second-order valence-electron chi connectivity index (χ2n) is 6.63. The molecule has 1 heterocycles. The second-order valence-corrected chi connectivity index (χ2v) is 6.63. The summed E-state index contributed by atoms with van der Waals surface area (Å²) in [6.07, 6.45) is 11.8. The molecule has 0 radical (unpaired) electrons. The molecule has 1 amide bonds. The van der Waals surface area contributed by atoms with E-state index in [-0.39, 0.29) is 5.91 Å². The Labute approximate surface area is 145 Å². The van der Waals surface area contributed by atoms with Gasteiger partial charge in [-0.15, -0.1) is 0 Å². The lowest BCUT2D eigenvalue weighted by atomic mass is 9.89. The minimum absolute atomic E-state index is 0.0348. The summed E-state index contributed by atoms with van der Waals surface area (Å²) in [7, 11) is 4.01. The molecule has 0 spiro atoms. The lowest BCUT2D eigenvalue weighted by Crippen LogP contribution is -2.21. The second kappa shape index (κ2) is 10.1. The van der Waals surface area contributed by atoms with Gasteiger partial charge in [-0.1, -0.05) is 25.3 Å². The Hall–Kier alpha value is -1.88. The molecule has 0 unspecified atom stereocenters. The van der Waals surface area contributed by atoms with Crippen molar-refractivity contribution in [2.45, 2.75) is 38.6 Å². The smallest absolute Gasteiger partial charge is 0.243 e. The monoisotopic (exact) mass is 331 g/mol. The van der Waals surface area contributed by atoms with Crippen molar-refractivity contribution in [2.75, 3.05) is 27.2 Å². The maximum absolute atomic E-state index is 11.9. The van der Waals surface area contributed by atoms with Crippen molar-refractivity contribution >= 4 is 5.91 Å². The largest absolute Gasteiger partial charge is 0.476 e. The summed E-state index contributed by atoms with van der Waals surface area (Å²) in [6.45, 7) is 1.93. The number of aromatic nitrogens is 1. The molecule has 0 aromatic carbocycles. The molecule has 5 heteroatoms. The quantitative estimate of drug-likeness (QED) is 0.744. The van der Waals surface area contributed by atoms with Crippen molar-refractivity contribution in [2.24, 2.45) is 5.92 Å². The molecule has 1 N–H and O–H groups in total. The van der Waals surface area contributed by atoms with Crippen LogP contribution in [0.2, 0.25) is 0 Å². The molecule has 1 fully saturated rings. The highest BCUT2D eigenvalue weighted by atomic mass is 16.5. The highest BCUT2D eigenvalue weighted by Crippen LogP contribution is 2.24. The highest BCUT2D eigenvalue weighted by Gasteiger charge is 2.10. The van der Waals surface area contributed by atoms with Gasteiger partial charge in [-0.05, 0) is 50.6 Å². The summed E-state index contributed by atoms with van der Waals surface area (Å²) < 4.78 is 5.61. The topological polar surface area (TPSA) is 54.5 Å². The molecule has 0 atom stereocenters. The van der Waals surface area contributed by atoms with E-state index < -0.39 is 0 Å². The van der Waals surface area contributed by atoms with Crippen molar-refractivity contribution in [3.8, 4) is 5.88 Å². The maximum atomic E-state index is 11.9. The fraction of sp³-hybridized carbons (Fsp3) is 0.579. The number of carbonyl (C=O) groups excluding carboxylic acids is 1. The molecule has 5 nitrogen and oxygen atoms in total. The van der Waals surface area contributed by atoms with Crippen LogP contribution >= 0.6 is 0 Å². The number of likely N-dealkylation sites (N-methyl/N-ethyl adjacent to an activating group) is 1. The Morgan fingerprint density at radius 2 is 2.17 bits per heavy atom. The van der Waals surface area contributed by atoms with Gasteiger partial charge < -0.3 is 15.0 Å². The van der Waals surface area contributed by atoms with E-state index in [9.17, 15) is 4.79 Å². The molecule has 1 aromatic heterocycles. The molecular weight excluding hydrogens is 302 g/mol. The van der Waals surface area contributed by atoms with Gasteiger partial charge in [0.1, 0.15) is 6.61 Å². The van der Waals surface area contributed by atoms with E-state index in [0.717, 1.165) is 12.1 Å². The van der Waals surface area contributed by atoms with Crippen molar-refractivity contribution < 1.29 is 9.53 Å². The molecule has 0 bridgehead atoms. The highest BCUT2D eigenvalue weighted by molar-refractivity contribution is 5.87. The predicted molar refractivity (Wildman–Crippen MR) is 95.8 cm³/mol. The first-order valence-electron chi connectivity index (χ1n) is 8.82. The van der Waals surface area contributed by atoms with Crippen LogP contribution < -0.4 is 10.1 Å². The summed E-state index contributed by atoms with van der Waals surface area (Å²) in [5, 5.41) is 2.92. The molecule has 2 rings (SSSR count). The first kappa shape index (κ1) is 18.5. The van der Waals surface area contributed by atoms with Crippen LogP contribution in [0.3, 0.4) is 0 Å². The Morgan fingerprint density at radius 3 is 2.92 bits per heavy atom. The molecular formula is C19H29N3O2. The zero-order valence-electron chi connectivity index (χ0n) is 14.8. The van der Waals surface area contributed by atoms with Gasteiger partial charge in [-0.25, -0.2) is 4.98 Å². The number of carbonyl (C=O) groups is 1. The van der Waals surface area contributed by atoms with Crippen LogP contribution in [0.1, 0.15) is 37.7 Å². The van der Waals surface area contributed by atoms with Gasteiger partial charge in [-0.3, -0.25) is 4.79 Å². The first-order chi connectivity index (χ1) is 11.6. The number of ether oxygens (including phenoxy) is 1. The third-order valence-corrected chi connectivity index (χ3v) is 4.22. The molecule has 24 heavy (non-hydrogen) atoms. The van der Waals surface area contributed by atoms with Crippen LogP contribution in [-0.4, -0.2) is 43.0 Å². The first-order valence-corrected chi connectivity index (χ1v) is 8.82.